The highest BCUT2D eigenvalue weighted by molar-refractivity contribution is 7.93. The highest BCUT2D eigenvalue weighted by Crippen LogP contribution is 2.36. The molecule has 0 spiro atoms. The van der Waals surface area contributed by atoms with Crippen molar-refractivity contribution in [1.29, 1.82) is 0 Å². The zero-order valence-electron chi connectivity index (χ0n) is 17.5. The van der Waals surface area contributed by atoms with Crippen LogP contribution in [0.3, 0.4) is 0 Å². The molecule has 30 heavy (non-hydrogen) atoms. The topological polar surface area (TPSA) is 72.5 Å². The molecular formula is C23H25FN2O2S2. The third-order valence-corrected chi connectivity index (χ3v) is 9.58. The van der Waals surface area contributed by atoms with Gasteiger partial charge in [0.25, 0.3) is 0 Å². The second-order valence-electron chi connectivity index (χ2n) is 8.14. The number of benzene rings is 1. The molecule has 1 aromatic heterocycles. The van der Waals surface area contributed by atoms with E-state index in [9.17, 15) is 12.8 Å². The van der Waals surface area contributed by atoms with Crippen LogP contribution in [0.4, 0.5) is 4.39 Å². The third kappa shape index (κ3) is 3.82. The maximum Gasteiger partial charge on any atom is 0.165 e. The first-order chi connectivity index (χ1) is 13.9. The van der Waals surface area contributed by atoms with Crippen molar-refractivity contribution in [2.45, 2.75) is 38.0 Å². The maximum atomic E-state index is 12.7. The van der Waals surface area contributed by atoms with Gasteiger partial charge >= 0.3 is 0 Å². The minimum atomic E-state index is -3.47. The van der Waals surface area contributed by atoms with Gasteiger partial charge in [0.15, 0.2) is 16.5 Å². The predicted molar refractivity (Wildman–Crippen MR) is 125 cm³/mol. The Labute approximate surface area is 181 Å². The van der Waals surface area contributed by atoms with Gasteiger partial charge in [0, 0.05) is 15.1 Å². The van der Waals surface area contributed by atoms with Crippen molar-refractivity contribution in [3.8, 4) is 11.8 Å². The van der Waals surface area contributed by atoms with E-state index >= 15 is 0 Å². The number of halogens is 1. The number of nitrogens with two attached hydrogens (primary N) is 1. The molecular weight excluding hydrogens is 419 g/mol. The molecule has 4 nitrogen and oxygen atoms in total. The Balaban J connectivity index is 1.94. The lowest BCUT2D eigenvalue weighted by molar-refractivity contribution is 0.533. The van der Waals surface area contributed by atoms with Gasteiger partial charge in [0.1, 0.15) is 10.6 Å². The summed E-state index contributed by atoms with van der Waals surface area (Å²) in [6.07, 6.45) is 3.74. The fourth-order valence-corrected chi connectivity index (χ4v) is 6.08. The zero-order valence-corrected chi connectivity index (χ0v) is 19.2. The number of fused-ring (bicyclic) bond motifs is 1. The van der Waals surface area contributed by atoms with Gasteiger partial charge < -0.3 is 5.73 Å². The largest absolute Gasteiger partial charge is 0.386 e. The van der Waals surface area contributed by atoms with Crippen LogP contribution in [0.1, 0.15) is 36.8 Å². The second kappa shape index (κ2) is 7.68. The number of thiophene rings is 1. The Bertz CT molecular complexity index is 1260. The molecule has 0 amide bonds. The van der Waals surface area contributed by atoms with E-state index in [-0.39, 0.29) is 11.6 Å². The summed E-state index contributed by atoms with van der Waals surface area (Å²) in [5.41, 5.74) is 7.43. The van der Waals surface area contributed by atoms with Crippen molar-refractivity contribution in [1.82, 2.24) is 0 Å². The van der Waals surface area contributed by atoms with E-state index in [0.29, 0.717) is 5.57 Å². The number of aryl methyl sites for hydroxylation is 1. The Morgan fingerprint density at radius 2 is 2.10 bits per heavy atom. The first-order valence-electron chi connectivity index (χ1n) is 9.45. The Hall–Kier alpha value is -2.43. The van der Waals surface area contributed by atoms with Crippen molar-refractivity contribution in [3.63, 3.8) is 0 Å². The van der Waals surface area contributed by atoms with E-state index in [1.54, 1.807) is 32.1 Å². The highest BCUT2D eigenvalue weighted by Gasteiger charge is 2.48. The SMILES string of the molecule is C=C(/C=C\c1sc2ccc(C#CCF)cc2c1C)[C@]1(C)CS(=O)(=O)C(C)(C)C(N)=N1. The van der Waals surface area contributed by atoms with Crippen molar-refractivity contribution >= 4 is 43.2 Å². The number of rotatable bonds is 3. The van der Waals surface area contributed by atoms with E-state index in [1.807, 2.05) is 37.3 Å². The smallest absolute Gasteiger partial charge is 0.165 e. The molecule has 1 atom stereocenters. The number of sulfone groups is 1. The molecule has 0 unspecified atom stereocenters. The molecule has 1 aliphatic heterocycles. The Morgan fingerprint density at radius 3 is 2.73 bits per heavy atom. The van der Waals surface area contributed by atoms with Gasteiger partial charge in [-0.1, -0.05) is 24.5 Å². The average Bonchev–Trinajstić information content (AvgIpc) is 2.98. The van der Waals surface area contributed by atoms with E-state index < -0.39 is 26.8 Å². The van der Waals surface area contributed by atoms with Gasteiger partial charge in [-0.3, -0.25) is 4.99 Å². The lowest BCUT2D eigenvalue weighted by atomic mass is 9.94. The minimum Gasteiger partial charge on any atom is -0.386 e. The van der Waals surface area contributed by atoms with Gasteiger partial charge in [-0.25, -0.2) is 12.8 Å². The normalized spacial score (nSPS) is 22.5. The molecule has 0 saturated carbocycles. The number of hydrogen-bond donors (Lipinski definition) is 1. The van der Waals surface area contributed by atoms with Crippen LogP contribution in [0.5, 0.6) is 0 Å². The number of aliphatic imine (C=N–C) groups is 1. The van der Waals surface area contributed by atoms with Gasteiger partial charge in [-0.2, -0.15) is 0 Å². The van der Waals surface area contributed by atoms with E-state index in [0.717, 1.165) is 26.1 Å². The fourth-order valence-electron chi connectivity index (χ4n) is 3.27. The van der Waals surface area contributed by atoms with Crippen LogP contribution in [0.25, 0.3) is 16.2 Å². The lowest BCUT2D eigenvalue weighted by Crippen LogP contribution is -2.56. The van der Waals surface area contributed by atoms with Crippen LogP contribution in [0.2, 0.25) is 0 Å². The molecule has 0 radical (unpaired) electrons. The van der Waals surface area contributed by atoms with Crippen LogP contribution in [-0.2, 0) is 9.84 Å². The lowest BCUT2D eigenvalue weighted by Gasteiger charge is -2.38. The molecule has 0 fully saturated rings. The molecule has 0 bridgehead atoms. The molecule has 0 saturated heterocycles. The van der Waals surface area contributed by atoms with Crippen molar-refractivity contribution < 1.29 is 12.8 Å². The molecule has 2 aromatic rings. The quantitative estimate of drug-likeness (QED) is 0.563. The molecule has 3 rings (SSSR count). The summed E-state index contributed by atoms with van der Waals surface area (Å²) in [6, 6.07) is 5.81. The average molecular weight is 445 g/mol. The molecule has 0 aliphatic carbocycles. The van der Waals surface area contributed by atoms with Crippen LogP contribution in [0.15, 0.2) is 41.4 Å². The zero-order chi connectivity index (χ0) is 22.3. The van der Waals surface area contributed by atoms with Gasteiger partial charge in [0.2, 0.25) is 0 Å². The Kier molecular flexibility index (Phi) is 5.70. The van der Waals surface area contributed by atoms with Crippen LogP contribution < -0.4 is 5.73 Å². The minimum absolute atomic E-state index is 0.103. The molecule has 1 aliphatic rings. The molecule has 7 heteroatoms. The second-order valence-corrected chi connectivity index (χ2v) is 11.8. The molecule has 1 aromatic carbocycles. The standard InChI is InChI=1S/C23H25FN2O2S2/c1-15(23(5)14-30(27,28)22(3,4)21(25)26-23)8-10-19-16(2)18-13-17(7-6-12-24)9-11-20(18)29-19/h8-11,13H,1,12,14H2,2-5H3,(H2,25,26)/b10-8-/t23-/m0/s1. The van der Waals surface area contributed by atoms with Gasteiger partial charge in [-0.15, -0.1) is 11.3 Å². The summed E-state index contributed by atoms with van der Waals surface area (Å²) >= 11 is 1.62. The summed E-state index contributed by atoms with van der Waals surface area (Å²) in [7, 11) is -3.47. The highest BCUT2D eigenvalue weighted by atomic mass is 32.2. The first kappa shape index (κ1) is 22.3. The fraction of sp³-hybridized carbons (Fsp3) is 0.348. The number of alkyl halides is 1. The number of nitrogens with zero attached hydrogens (tertiary/aromatic N) is 1. The molecule has 2 N–H and O–H groups in total. The Morgan fingerprint density at radius 1 is 1.40 bits per heavy atom. The summed E-state index contributed by atoms with van der Waals surface area (Å²) in [5.74, 6) is 5.21. The first-order valence-corrected chi connectivity index (χ1v) is 11.9. The number of hydrogen-bond acceptors (Lipinski definition) is 5. The summed E-state index contributed by atoms with van der Waals surface area (Å²) in [6.45, 7) is 10.3. The summed E-state index contributed by atoms with van der Waals surface area (Å²) < 4.78 is 37.7. The van der Waals surface area contributed by atoms with Crippen LogP contribution in [0, 0.1) is 18.8 Å². The van der Waals surface area contributed by atoms with Crippen molar-refractivity contribution in [2.75, 3.05) is 12.4 Å². The summed E-state index contributed by atoms with van der Waals surface area (Å²) in [5, 5.41) is 1.06. The van der Waals surface area contributed by atoms with E-state index in [1.165, 1.54) is 0 Å². The van der Waals surface area contributed by atoms with E-state index in [2.05, 4.69) is 23.4 Å². The summed E-state index contributed by atoms with van der Waals surface area (Å²) in [4.78, 5) is 5.53. The number of amidine groups is 1. The van der Waals surface area contributed by atoms with E-state index in [4.69, 9.17) is 5.73 Å². The van der Waals surface area contributed by atoms with Crippen LogP contribution in [-0.4, -0.2) is 37.0 Å². The van der Waals surface area contributed by atoms with Crippen molar-refractivity contribution in [2.24, 2.45) is 10.7 Å². The maximum absolute atomic E-state index is 12.7. The van der Waals surface area contributed by atoms with Gasteiger partial charge in [0.05, 0.1) is 11.3 Å². The third-order valence-electron chi connectivity index (χ3n) is 5.63. The van der Waals surface area contributed by atoms with Crippen LogP contribution >= 0.6 is 11.3 Å². The van der Waals surface area contributed by atoms with Gasteiger partial charge in [-0.05, 0) is 68.5 Å². The van der Waals surface area contributed by atoms with Crippen molar-refractivity contribution in [3.05, 3.63) is 52.4 Å². The predicted octanol–water partition coefficient (Wildman–Crippen LogP) is 4.42. The molecule has 158 valence electrons. The molecule has 2 heterocycles. The monoisotopic (exact) mass is 444 g/mol.